The van der Waals surface area contributed by atoms with Crippen LogP contribution in [0.1, 0.15) is 67.4 Å². The van der Waals surface area contributed by atoms with Crippen LogP contribution in [0.25, 0.3) is 0 Å². The topological polar surface area (TPSA) is 37.3 Å². The van der Waals surface area contributed by atoms with Gasteiger partial charge in [-0.05, 0) is 41.8 Å². The maximum atomic E-state index is 11.8. The van der Waals surface area contributed by atoms with Crippen LogP contribution in [-0.2, 0) is 5.41 Å². The molecule has 0 radical (unpaired) electrons. The van der Waals surface area contributed by atoms with Crippen LogP contribution in [0.4, 0.5) is 0 Å². The van der Waals surface area contributed by atoms with Crippen LogP contribution < -0.4 is 0 Å². The van der Waals surface area contributed by atoms with Gasteiger partial charge >= 0.3 is 5.97 Å². The Morgan fingerprint density at radius 2 is 1.64 bits per heavy atom. The lowest BCUT2D eigenvalue weighted by Crippen LogP contribution is -2.26. The first-order valence-electron chi connectivity index (χ1n) is 8.75. The van der Waals surface area contributed by atoms with Crippen molar-refractivity contribution in [2.75, 3.05) is 0 Å². The molecule has 0 saturated carbocycles. The van der Waals surface area contributed by atoms with Gasteiger partial charge in [-0.3, -0.25) is 0 Å². The number of hydrogen-bond donors (Lipinski definition) is 3. The highest BCUT2D eigenvalue weighted by Crippen LogP contribution is 2.39. The summed E-state index contributed by atoms with van der Waals surface area (Å²) in [6.07, 6.45) is 5.51. The van der Waals surface area contributed by atoms with E-state index in [0.29, 0.717) is 10.5 Å². The third-order valence-corrected chi connectivity index (χ3v) is 5.44. The number of hydrogen-bond acceptors (Lipinski definition) is 3. The zero-order chi connectivity index (χ0) is 18.4. The molecule has 0 aliphatic heterocycles. The van der Waals surface area contributed by atoms with E-state index in [1.165, 1.54) is 12.8 Å². The number of thiol groups is 2. The molecular formula is C21H26O2S2. The summed E-state index contributed by atoms with van der Waals surface area (Å²) >= 11 is 8.69. The van der Waals surface area contributed by atoms with Crippen molar-refractivity contribution in [2.24, 2.45) is 0 Å². The zero-order valence-electron chi connectivity index (χ0n) is 14.8. The van der Waals surface area contributed by atoms with Gasteiger partial charge in [0.15, 0.2) is 0 Å². The number of carboxylic acids is 1. The average Bonchev–Trinajstić information content (AvgIpc) is 2.59. The molecule has 134 valence electrons. The van der Waals surface area contributed by atoms with Crippen molar-refractivity contribution in [1.82, 2.24) is 0 Å². The standard InChI is InChI=1S/C21H26O2S2/c1-3-4-5-6-13-21(2,15-7-9-16(24)10-8-15)19-12-11-17(25)14-18(19)20(22)23/h7-12,14,24-25H,3-6,13H2,1-2H3,(H,22,23). The molecule has 2 aromatic rings. The first-order chi connectivity index (χ1) is 11.9. The molecule has 2 aromatic carbocycles. The highest BCUT2D eigenvalue weighted by atomic mass is 32.1. The van der Waals surface area contributed by atoms with Crippen molar-refractivity contribution in [2.45, 2.75) is 61.2 Å². The highest BCUT2D eigenvalue weighted by Gasteiger charge is 2.32. The van der Waals surface area contributed by atoms with Crippen LogP contribution in [0, 0.1) is 0 Å². The van der Waals surface area contributed by atoms with Crippen molar-refractivity contribution >= 4 is 31.2 Å². The minimum absolute atomic E-state index is 0.334. The lowest BCUT2D eigenvalue weighted by atomic mass is 9.71. The Labute approximate surface area is 161 Å². The van der Waals surface area contributed by atoms with Crippen molar-refractivity contribution in [3.8, 4) is 0 Å². The van der Waals surface area contributed by atoms with E-state index in [4.69, 9.17) is 0 Å². The van der Waals surface area contributed by atoms with Gasteiger partial charge in [0.2, 0.25) is 0 Å². The zero-order valence-corrected chi connectivity index (χ0v) is 16.6. The molecule has 2 rings (SSSR count). The molecule has 0 aliphatic rings. The molecule has 0 heterocycles. The van der Waals surface area contributed by atoms with Crippen LogP contribution in [0.5, 0.6) is 0 Å². The predicted molar refractivity (Wildman–Crippen MR) is 110 cm³/mol. The van der Waals surface area contributed by atoms with Gasteiger partial charge in [-0.25, -0.2) is 4.79 Å². The molecule has 1 N–H and O–H groups in total. The van der Waals surface area contributed by atoms with Gasteiger partial charge in [-0.2, -0.15) is 0 Å². The third-order valence-electron chi connectivity index (χ3n) is 4.86. The Morgan fingerprint density at radius 1 is 1.00 bits per heavy atom. The molecule has 0 fully saturated rings. The summed E-state index contributed by atoms with van der Waals surface area (Å²) in [4.78, 5) is 13.4. The number of unbranched alkanes of at least 4 members (excludes halogenated alkanes) is 3. The molecule has 0 aliphatic carbocycles. The van der Waals surface area contributed by atoms with Crippen LogP contribution >= 0.6 is 25.3 Å². The summed E-state index contributed by atoms with van der Waals surface area (Å²) in [6, 6.07) is 13.5. The van der Waals surface area contributed by atoms with Crippen LogP contribution in [0.3, 0.4) is 0 Å². The molecule has 2 nitrogen and oxygen atoms in total. The maximum absolute atomic E-state index is 11.8. The summed E-state index contributed by atoms with van der Waals surface area (Å²) in [5, 5.41) is 9.71. The minimum Gasteiger partial charge on any atom is -0.478 e. The van der Waals surface area contributed by atoms with Crippen molar-refractivity contribution < 1.29 is 9.90 Å². The summed E-state index contributed by atoms with van der Waals surface area (Å²) in [7, 11) is 0. The number of carbonyl (C=O) groups is 1. The van der Waals surface area contributed by atoms with E-state index in [0.717, 1.165) is 35.3 Å². The number of rotatable bonds is 8. The van der Waals surface area contributed by atoms with E-state index in [-0.39, 0.29) is 5.41 Å². The summed E-state index contributed by atoms with van der Waals surface area (Å²) in [5.74, 6) is -0.906. The summed E-state index contributed by atoms with van der Waals surface area (Å²) < 4.78 is 0. The van der Waals surface area contributed by atoms with E-state index in [1.54, 1.807) is 6.07 Å². The van der Waals surface area contributed by atoms with Crippen LogP contribution in [0.15, 0.2) is 52.3 Å². The molecule has 0 spiro atoms. The first-order valence-corrected chi connectivity index (χ1v) is 9.64. The fourth-order valence-corrected chi connectivity index (χ4v) is 3.71. The lowest BCUT2D eigenvalue weighted by molar-refractivity contribution is 0.0694. The quantitative estimate of drug-likeness (QED) is 0.378. The van der Waals surface area contributed by atoms with Crippen molar-refractivity contribution in [3.05, 3.63) is 59.2 Å². The largest absolute Gasteiger partial charge is 0.478 e. The molecule has 0 amide bonds. The van der Waals surface area contributed by atoms with Gasteiger partial charge in [0.05, 0.1) is 5.56 Å². The second-order valence-electron chi connectivity index (χ2n) is 6.72. The second kappa shape index (κ2) is 8.81. The Hall–Kier alpha value is -1.39. The SMILES string of the molecule is CCCCCCC(C)(c1ccc(S)cc1)c1ccc(S)cc1C(=O)O. The second-order valence-corrected chi connectivity index (χ2v) is 7.76. The highest BCUT2D eigenvalue weighted by molar-refractivity contribution is 7.80. The molecule has 1 unspecified atom stereocenters. The summed E-state index contributed by atoms with van der Waals surface area (Å²) in [5.41, 5.74) is 1.95. The van der Waals surface area contributed by atoms with Crippen LogP contribution in [0.2, 0.25) is 0 Å². The normalized spacial score (nSPS) is 13.4. The Kier molecular flexibility index (Phi) is 7.03. The number of benzene rings is 2. The van der Waals surface area contributed by atoms with Gasteiger partial charge in [0.1, 0.15) is 0 Å². The molecule has 0 bridgehead atoms. The Morgan fingerprint density at radius 3 is 2.24 bits per heavy atom. The molecule has 0 saturated heterocycles. The first kappa shape index (κ1) is 19.9. The Balaban J connectivity index is 2.51. The average molecular weight is 375 g/mol. The third kappa shape index (κ3) is 4.83. The van der Waals surface area contributed by atoms with Gasteiger partial charge < -0.3 is 5.11 Å². The minimum atomic E-state index is -0.906. The van der Waals surface area contributed by atoms with E-state index in [2.05, 4.69) is 51.2 Å². The van der Waals surface area contributed by atoms with Crippen molar-refractivity contribution in [3.63, 3.8) is 0 Å². The molecule has 1 atom stereocenters. The maximum Gasteiger partial charge on any atom is 0.336 e. The van der Waals surface area contributed by atoms with Crippen molar-refractivity contribution in [1.29, 1.82) is 0 Å². The van der Waals surface area contributed by atoms with Gasteiger partial charge in [-0.1, -0.05) is 57.7 Å². The molecular weight excluding hydrogens is 348 g/mol. The number of carboxylic acid groups (broad SMARTS) is 1. The lowest BCUT2D eigenvalue weighted by Gasteiger charge is -2.33. The molecule has 25 heavy (non-hydrogen) atoms. The summed E-state index contributed by atoms with van der Waals surface area (Å²) in [6.45, 7) is 4.34. The number of aromatic carboxylic acids is 1. The van der Waals surface area contributed by atoms with Gasteiger partial charge in [0, 0.05) is 15.2 Å². The monoisotopic (exact) mass is 374 g/mol. The van der Waals surface area contributed by atoms with E-state index in [1.807, 2.05) is 24.3 Å². The molecule has 4 heteroatoms. The Bertz CT molecular complexity index is 725. The van der Waals surface area contributed by atoms with Gasteiger partial charge in [-0.15, -0.1) is 25.3 Å². The van der Waals surface area contributed by atoms with E-state index in [9.17, 15) is 9.90 Å². The van der Waals surface area contributed by atoms with E-state index >= 15 is 0 Å². The smallest absolute Gasteiger partial charge is 0.336 e. The predicted octanol–water partition coefficient (Wildman–Crippen LogP) is 6.24. The fourth-order valence-electron chi connectivity index (χ4n) is 3.36. The van der Waals surface area contributed by atoms with Crippen LogP contribution in [-0.4, -0.2) is 11.1 Å². The van der Waals surface area contributed by atoms with Gasteiger partial charge in [0.25, 0.3) is 0 Å². The fraction of sp³-hybridized carbons (Fsp3) is 0.381. The van der Waals surface area contributed by atoms with E-state index < -0.39 is 5.97 Å². The molecule has 0 aromatic heterocycles.